The molecule has 0 aromatic heterocycles. The number of piperidine rings is 1. The minimum atomic E-state index is -3.60. The Balaban J connectivity index is 0.00000364. The molecular weight excluding hydrogens is 392 g/mol. The quantitative estimate of drug-likeness (QED) is 0.641. The number of sulfone groups is 1. The van der Waals surface area contributed by atoms with Crippen molar-refractivity contribution in [1.82, 2.24) is 10.6 Å². The molecule has 2 rings (SSSR count). The second-order valence-electron chi connectivity index (χ2n) is 6.44. The van der Waals surface area contributed by atoms with Gasteiger partial charge >= 0.3 is 5.97 Å². The van der Waals surface area contributed by atoms with E-state index < -0.39 is 32.4 Å². The zero-order valence-electron chi connectivity index (χ0n) is 15.6. The maximum atomic E-state index is 12.8. The van der Waals surface area contributed by atoms with E-state index in [0.29, 0.717) is 18.7 Å². The van der Waals surface area contributed by atoms with E-state index in [0.717, 1.165) is 6.26 Å². The standard InChI is InChI=1S/C18H26N2O5S.ClH/c1-3-25-16(21)15(14-7-5-4-6-8-14)13-20-17(22)18(26(2,23)24)9-11-19-12-10-18;/h4-8,15,19H,3,9-13H2,1-2H3,(H,20,22);1H. The van der Waals surface area contributed by atoms with Crippen molar-refractivity contribution < 1.29 is 22.7 Å². The molecular formula is C18H27ClN2O5S. The molecule has 1 heterocycles. The smallest absolute Gasteiger partial charge is 0.315 e. The van der Waals surface area contributed by atoms with E-state index in [1.807, 2.05) is 6.07 Å². The normalized spacial score (nSPS) is 17.3. The fourth-order valence-corrected chi connectivity index (χ4v) is 4.57. The lowest BCUT2D eigenvalue weighted by atomic mass is 9.94. The number of rotatable bonds is 7. The van der Waals surface area contributed by atoms with Crippen LogP contribution in [-0.2, 0) is 24.2 Å². The average molecular weight is 419 g/mol. The van der Waals surface area contributed by atoms with E-state index in [4.69, 9.17) is 4.74 Å². The Morgan fingerprint density at radius 1 is 1.22 bits per heavy atom. The third kappa shape index (κ3) is 5.43. The SMILES string of the molecule is CCOC(=O)C(CNC(=O)C1(S(C)(=O)=O)CCNCC1)c1ccccc1.Cl. The summed E-state index contributed by atoms with van der Waals surface area (Å²) < 4.78 is 28.3. The van der Waals surface area contributed by atoms with Crippen LogP contribution >= 0.6 is 12.4 Å². The Morgan fingerprint density at radius 3 is 2.33 bits per heavy atom. The molecule has 1 atom stereocenters. The molecule has 1 aliphatic rings. The highest BCUT2D eigenvalue weighted by Crippen LogP contribution is 2.28. The molecule has 1 unspecified atom stereocenters. The molecule has 0 aliphatic carbocycles. The predicted octanol–water partition coefficient (Wildman–Crippen LogP) is 1.04. The van der Waals surface area contributed by atoms with Crippen LogP contribution in [0, 0.1) is 0 Å². The van der Waals surface area contributed by atoms with Crippen LogP contribution in [0.25, 0.3) is 0 Å². The van der Waals surface area contributed by atoms with E-state index in [2.05, 4.69) is 10.6 Å². The number of nitrogens with one attached hydrogen (secondary N) is 2. The number of benzene rings is 1. The van der Waals surface area contributed by atoms with Crippen LogP contribution in [-0.4, -0.2) is 57.5 Å². The van der Waals surface area contributed by atoms with Crippen LogP contribution in [0.3, 0.4) is 0 Å². The molecule has 1 aromatic rings. The van der Waals surface area contributed by atoms with Gasteiger partial charge in [0.05, 0.1) is 12.5 Å². The van der Waals surface area contributed by atoms with Crippen molar-refractivity contribution in [1.29, 1.82) is 0 Å². The van der Waals surface area contributed by atoms with Crippen molar-refractivity contribution in [3.05, 3.63) is 35.9 Å². The van der Waals surface area contributed by atoms with Crippen molar-refractivity contribution >= 4 is 34.1 Å². The first kappa shape index (κ1) is 23.4. The van der Waals surface area contributed by atoms with E-state index in [1.54, 1.807) is 31.2 Å². The molecule has 1 saturated heterocycles. The minimum Gasteiger partial charge on any atom is -0.465 e. The highest BCUT2D eigenvalue weighted by atomic mass is 35.5. The zero-order chi connectivity index (χ0) is 19.2. The Morgan fingerprint density at radius 2 is 1.81 bits per heavy atom. The van der Waals surface area contributed by atoms with Gasteiger partial charge in [0, 0.05) is 12.8 Å². The molecule has 152 valence electrons. The molecule has 2 N–H and O–H groups in total. The fourth-order valence-electron chi connectivity index (χ4n) is 3.22. The molecule has 0 radical (unpaired) electrons. The van der Waals surface area contributed by atoms with E-state index in [-0.39, 0.29) is 38.4 Å². The van der Waals surface area contributed by atoms with Crippen molar-refractivity contribution in [2.75, 3.05) is 32.5 Å². The predicted molar refractivity (Wildman–Crippen MR) is 106 cm³/mol. The number of hydrogen-bond acceptors (Lipinski definition) is 6. The first-order chi connectivity index (χ1) is 12.3. The van der Waals surface area contributed by atoms with Gasteiger partial charge in [-0.15, -0.1) is 12.4 Å². The fraction of sp³-hybridized carbons (Fsp3) is 0.556. The largest absolute Gasteiger partial charge is 0.465 e. The summed E-state index contributed by atoms with van der Waals surface area (Å²) in [4.78, 5) is 25.1. The number of hydrogen-bond donors (Lipinski definition) is 2. The van der Waals surface area contributed by atoms with Gasteiger partial charge in [0.2, 0.25) is 5.91 Å². The third-order valence-corrected chi connectivity index (χ3v) is 6.79. The van der Waals surface area contributed by atoms with Crippen molar-refractivity contribution in [3.8, 4) is 0 Å². The second kappa shape index (κ2) is 10.1. The lowest BCUT2D eigenvalue weighted by molar-refractivity contribution is -0.144. The topological polar surface area (TPSA) is 102 Å². The molecule has 1 fully saturated rings. The summed E-state index contributed by atoms with van der Waals surface area (Å²) in [7, 11) is -3.60. The maximum Gasteiger partial charge on any atom is 0.315 e. The summed E-state index contributed by atoms with van der Waals surface area (Å²) in [5.41, 5.74) is 0.713. The average Bonchev–Trinajstić information content (AvgIpc) is 2.62. The van der Waals surface area contributed by atoms with Crippen LogP contribution in [0.15, 0.2) is 30.3 Å². The molecule has 27 heavy (non-hydrogen) atoms. The zero-order valence-corrected chi connectivity index (χ0v) is 17.2. The van der Waals surface area contributed by atoms with Gasteiger partial charge in [-0.05, 0) is 38.4 Å². The third-order valence-electron chi connectivity index (χ3n) is 4.77. The first-order valence-corrected chi connectivity index (χ1v) is 10.6. The lowest BCUT2D eigenvalue weighted by Crippen LogP contribution is -2.57. The number of esters is 1. The number of ether oxygens (including phenoxy) is 1. The lowest BCUT2D eigenvalue weighted by Gasteiger charge is -2.34. The Kier molecular flexibility index (Phi) is 8.71. The summed E-state index contributed by atoms with van der Waals surface area (Å²) >= 11 is 0. The Labute approximate surface area is 166 Å². The summed E-state index contributed by atoms with van der Waals surface area (Å²) in [5.74, 6) is -1.68. The van der Waals surface area contributed by atoms with Gasteiger partial charge in [-0.3, -0.25) is 9.59 Å². The van der Waals surface area contributed by atoms with Gasteiger partial charge in [-0.2, -0.15) is 0 Å². The second-order valence-corrected chi connectivity index (χ2v) is 8.77. The monoisotopic (exact) mass is 418 g/mol. The highest BCUT2D eigenvalue weighted by Gasteiger charge is 2.48. The number of carbonyl (C=O) groups is 2. The van der Waals surface area contributed by atoms with Crippen LogP contribution in [0.4, 0.5) is 0 Å². The Bertz CT molecular complexity index is 733. The summed E-state index contributed by atoms with van der Waals surface area (Å²) in [6.07, 6.45) is 1.53. The number of carbonyl (C=O) groups excluding carboxylic acids is 2. The molecule has 1 aromatic carbocycles. The molecule has 0 saturated carbocycles. The van der Waals surface area contributed by atoms with Crippen LogP contribution < -0.4 is 10.6 Å². The summed E-state index contributed by atoms with van der Waals surface area (Å²) in [5, 5.41) is 5.76. The first-order valence-electron chi connectivity index (χ1n) is 8.72. The highest BCUT2D eigenvalue weighted by molar-refractivity contribution is 7.92. The number of amides is 1. The van der Waals surface area contributed by atoms with E-state index in [9.17, 15) is 18.0 Å². The van der Waals surface area contributed by atoms with Crippen LogP contribution in [0.1, 0.15) is 31.2 Å². The van der Waals surface area contributed by atoms with Crippen LogP contribution in [0.2, 0.25) is 0 Å². The minimum absolute atomic E-state index is 0. The van der Waals surface area contributed by atoms with Crippen LogP contribution in [0.5, 0.6) is 0 Å². The summed E-state index contributed by atoms with van der Waals surface area (Å²) in [6.45, 7) is 2.86. The summed E-state index contributed by atoms with van der Waals surface area (Å²) in [6, 6.07) is 9.00. The van der Waals surface area contributed by atoms with Gasteiger partial charge in [-0.1, -0.05) is 30.3 Å². The van der Waals surface area contributed by atoms with Crippen molar-refractivity contribution in [2.45, 2.75) is 30.4 Å². The Hall–Kier alpha value is -1.64. The molecule has 1 aliphatic heterocycles. The van der Waals surface area contributed by atoms with Gasteiger partial charge in [0.25, 0.3) is 0 Å². The van der Waals surface area contributed by atoms with Gasteiger partial charge < -0.3 is 15.4 Å². The molecule has 1 amide bonds. The molecule has 7 nitrogen and oxygen atoms in total. The molecule has 0 bridgehead atoms. The van der Waals surface area contributed by atoms with Gasteiger partial charge in [0.1, 0.15) is 0 Å². The molecule has 0 spiro atoms. The maximum absolute atomic E-state index is 12.8. The van der Waals surface area contributed by atoms with E-state index in [1.165, 1.54) is 0 Å². The van der Waals surface area contributed by atoms with Gasteiger partial charge in [-0.25, -0.2) is 8.42 Å². The molecule has 9 heteroatoms. The van der Waals surface area contributed by atoms with Gasteiger partial charge in [0.15, 0.2) is 14.6 Å². The van der Waals surface area contributed by atoms with E-state index >= 15 is 0 Å². The number of halogens is 1. The van der Waals surface area contributed by atoms with Crippen molar-refractivity contribution in [3.63, 3.8) is 0 Å². The van der Waals surface area contributed by atoms with Crippen molar-refractivity contribution in [2.24, 2.45) is 0 Å².